The molecule has 1 heterocycles. The second kappa shape index (κ2) is 9.46. The Kier molecular flexibility index (Phi) is 7.24. The number of benzene rings is 2. The van der Waals surface area contributed by atoms with Gasteiger partial charge in [-0.1, -0.05) is 32.0 Å². The molecule has 180 valence electrons. The fraction of sp³-hybridized carbons (Fsp3) is 0.417. The molecule has 9 heteroatoms. The summed E-state index contributed by atoms with van der Waals surface area (Å²) in [7, 11) is -3.44. The van der Waals surface area contributed by atoms with Crippen molar-refractivity contribution in [2.45, 2.75) is 52.1 Å². The van der Waals surface area contributed by atoms with Crippen LogP contribution in [0.2, 0.25) is 0 Å². The molecule has 0 unspecified atom stereocenters. The molecule has 33 heavy (non-hydrogen) atoms. The molecule has 0 saturated heterocycles. The van der Waals surface area contributed by atoms with E-state index in [-0.39, 0.29) is 23.6 Å². The summed E-state index contributed by atoms with van der Waals surface area (Å²) < 4.78 is 84.3. The van der Waals surface area contributed by atoms with Gasteiger partial charge in [-0.3, -0.25) is 0 Å². The second-order valence-electron chi connectivity index (χ2n) is 8.83. The van der Waals surface area contributed by atoms with Crippen LogP contribution in [-0.4, -0.2) is 24.8 Å². The Morgan fingerprint density at radius 3 is 2.30 bits per heavy atom. The van der Waals surface area contributed by atoms with Crippen LogP contribution < -0.4 is 4.72 Å². The number of alkyl halides is 3. The number of sulfonamides is 1. The van der Waals surface area contributed by atoms with Crippen LogP contribution in [0.3, 0.4) is 0 Å². The Hall–Kier alpha value is -2.39. The molecule has 0 fully saturated rings. The van der Waals surface area contributed by atoms with E-state index in [9.17, 15) is 21.6 Å². The molecule has 2 aromatic carbocycles. The number of halogens is 4. The van der Waals surface area contributed by atoms with Gasteiger partial charge in [0.25, 0.3) is 0 Å². The summed E-state index contributed by atoms with van der Waals surface area (Å²) >= 11 is 0. The van der Waals surface area contributed by atoms with E-state index in [0.29, 0.717) is 23.9 Å². The molecule has 3 aromatic rings. The van der Waals surface area contributed by atoms with E-state index >= 15 is 4.39 Å². The summed E-state index contributed by atoms with van der Waals surface area (Å²) in [5, 5.41) is -0.0152. The Morgan fingerprint density at radius 1 is 1.03 bits per heavy atom. The lowest BCUT2D eigenvalue weighted by atomic mass is 9.97. The van der Waals surface area contributed by atoms with Crippen LogP contribution in [0.25, 0.3) is 22.0 Å². The molecule has 0 saturated carbocycles. The lowest BCUT2D eigenvalue weighted by Crippen LogP contribution is -2.32. The minimum absolute atomic E-state index is 0.120. The molecule has 0 aliphatic rings. The number of hydrogen-bond acceptors (Lipinski definition) is 2. The van der Waals surface area contributed by atoms with Crippen molar-refractivity contribution in [3.63, 3.8) is 0 Å². The van der Waals surface area contributed by atoms with E-state index < -0.39 is 32.8 Å². The van der Waals surface area contributed by atoms with E-state index in [1.54, 1.807) is 13.8 Å². The maximum absolute atomic E-state index is 15.2. The van der Waals surface area contributed by atoms with Gasteiger partial charge >= 0.3 is 6.18 Å². The van der Waals surface area contributed by atoms with Crippen LogP contribution in [0.5, 0.6) is 0 Å². The van der Waals surface area contributed by atoms with Gasteiger partial charge in [-0.2, -0.15) is 13.2 Å². The monoisotopic (exact) mass is 484 g/mol. The SMILES string of the molecule is CC(C)Cn1cc(CCNS(=O)(=O)C(C)C)c2cc(F)c(-c3ccccc3C(F)(F)F)cc21. The summed E-state index contributed by atoms with van der Waals surface area (Å²) in [6.45, 7) is 7.89. The van der Waals surface area contributed by atoms with E-state index in [1.807, 2.05) is 24.6 Å². The molecular formula is C24H28F4N2O2S. The maximum Gasteiger partial charge on any atom is 0.417 e. The lowest BCUT2D eigenvalue weighted by molar-refractivity contribution is -0.137. The first kappa shape index (κ1) is 25.2. The van der Waals surface area contributed by atoms with E-state index in [4.69, 9.17) is 0 Å². The predicted octanol–water partition coefficient (Wildman–Crippen LogP) is 5.99. The van der Waals surface area contributed by atoms with Crippen LogP contribution in [-0.2, 0) is 29.2 Å². The molecule has 0 radical (unpaired) electrons. The third-order valence-electron chi connectivity index (χ3n) is 5.46. The normalized spacial score (nSPS) is 12.9. The first-order chi connectivity index (χ1) is 15.3. The van der Waals surface area contributed by atoms with Crippen molar-refractivity contribution >= 4 is 20.9 Å². The van der Waals surface area contributed by atoms with Gasteiger partial charge in [-0.15, -0.1) is 0 Å². The Balaban J connectivity index is 2.09. The second-order valence-corrected chi connectivity index (χ2v) is 11.2. The van der Waals surface area contributed by atoms with Crippen molar-refractivity contribution in [3.05, 3.63) is 59.5 Å². The van der Waals surface area contributed by atoms with Crippen LogP contribution in [0.4, 0.5) is 17.6 Å². The minimum Gasteiger partial charge on any atom is -0.347 e. The fourth-order valence-corrected chi connectivity index (χ4v) is 4.51. The molecule has 0 bridgehead atoms. The molecule has 0 atom stereocenters. The third kappa shape index (κ3) is 5.58. The van der Waals surface area contributed by atoms with E-state index in [1.165, 1.54) is 30.3 Å². The van der Waals surface area contributed by atoms with Gasteiger partial charge in [0.2, 0.25) is 10.0 Å². The van der Waals surface area contributed by atoms with Crippen LogP contribution >= 0.6 is 0 Å². The van der Waals surface area contributed by atoms with Gasteiger partial charge in [0.05, 0.1) is 10.8 Å². The largest absolute Gasteiger partial charge is 0.417 e. The minimum atomic E-state index is -4.61. The molecule has 3 rings (SSSR count). The summed E-state index contributed by atoms with van der Waals surface area (Å²) in [5.74, 6) is -0.519. The summed E-state index contributed by atoms with van der Waals surface area (Å²) in [5.41, 5.74) is 0.109. The highest BCUT2D eigenvalue weighted by Crippen LogP contribution is 2.39. The average molecular weight is 485 g/mol. The highest BCUT2D eigenvalue weighted by Gasteiger charge is 2.34. The van der Waals surface area contributed by atoms with Crippen molar-refractivity contribution in [1.29, 1.82) is 0 Å². The zero-order valence-corrected chi connectivity index (χ0v) is 19.8. The van der Waals surface area contributed by atoms with Crippen molar-refractivity contribution < 1.29 is 26.0 Å². The van der Waals surface area contributed by atoms with Crippen molar-refractivity contribution in [2.75, 3.05) is 6.54 Å². The number of nitrogens with one attached hydrogen (secondary N) is 1. The predicted molar refractivity (Wildman–Crippen MR) is 123 cm³/mol. The Labute approximate surface area is 191 Å². The van der Waals surface area contributed by atoms with Gasteiger partial charge < -0.3 is 4.57 Å². The molecule has 0 amide bonds. The van der Waals surface area contributed by atoms with Crippen LogP contribution in [0.15, 0.2) is 42.6 Å². The highest BCUT2D eigenvalue weighted by molar-refractivity contribution is 7.90. The van der Waals surface area contributed by atoms with Gasteiger partial charge in [0.1, 0.15) is 5.82 Å². The quantitative estimate of drug-likeness (QED) is 0.399. The molecule has 1 aromatic heterocycles. The van der Waals surface area contributed by atoms with Crippen LogP contribution in [0, 0.1) is 11.7 Å². The van der Waals surface area contributed by atoms with Gasteiger partial charge in [0.15, 0.2) is 0 Å². The molecule has 0 aliphatic heterocycles. The molecule has 0 aliphatic carbocycles. The van der Waals surface area contributed by atoms with Gasteiger partial charge in [-0.25, -0.2) is 17.5 Å². The Bertz CT molecular complexity index is 1250. The lowest BCUT2D eigenvalue weighted by Gasteiger charge is -2.15. The number of hydrogen-bond donors (Lipinski definition) is 1. The average Bonchev–Trinajstić information content (AvgIpc) is 3.02. The molecule has 1 N–H and O–H groups in total. The molecule has 0 spiro atoms. The first-order valence-electron chi connectivity index (χ1n) is 10.8. The maximum atomic E-state index is 15.2. The number of fused-ring (bicyclic) bond motifs is 1. The summed E-state index contributed by atoms with van der Waals surface area (Å²) in [4.78, 5) is 0. The van der Waals surface area contributed by atoms with E-state index in [0.717, 1.165) is 11.6 Å². The fourth-order valence-electron chi connectivity index (χ4n) is 3.79. The van der Waals surface area contributed by atoms with Crippen molar-refractivity contribution in [3.8, 4) is 11.1 Å². The highest BCUT2D eigenvalue weighted by atomic mass is 32.2. The summed E-state index contributed by atoms with van der Waals surface area (Å²) in [6.07, 6.45) is -2.46. The third-order valence-corrected chi connectivity index (χ3v) is 7.30. The Morgan fingerprint density at radius 2 is 1.70 bits per heavy atom. The first-order valence-corrected chi connectivity index (χ1v) is 12.3. The van der Waals surface area contributed by atoms with E-state index in [2.05, 4.69) is 4.72 Å². The zero-order chi connectivity index (χ0) is 24.6. The number of aromatic nitrogens is 1. The zero-order valence-electron chi connectivity index (χ0n) is 19.0. The standard InChI is InChI=1S/C24H28F4N2O2S/c1-15(2)13-30-14-17(9-10-29-33(31,32)16(3)4)19-11-22(25)20(12-23(19)30)18-7-5-6-8-21(18)24(26,27)28/h5-8,11-12,14-16,29H,9-10,13H2,1-4H3. The van der Waals surface area contributed by atoms with Gasteiger partial charge in [0, 0.05) is 35.8 Å². The molecule has 4 nitrogen and oxygen atoms in total. The van der Waals surface area contributed by atoms with Crippen molar-refractivity contribution in [1.82, 2.24) is 9.29 Å². The van der Waals surface area contributed by atoms with Crippen LogP contribution in [0.1, 0.15) is 38.8 Å². The van der Waals surface area contributed by atoms with Crippen molar-refractivity contribution in [2.24, 2.45) is 5.92 Å². The number of nitrogens with zero attached hydrogens (tertiary/aromatic N) is 1. The molecular weight excluding hydrogens is 456 g/mol. The topological polar surface area (TPSA) is 51.1 Å². The van der Waals surface area contributed by atoms with Gasteiger partial charge in [-0.05, 0) is 55.5 Å². The number of rotatable bonds is 8. The smallest absolute Gasteiger partial charge is 0.347 e. The summed E-state index contributed by atoms with van der Waals surface area (Å²) in [6, 6.07) is 7.65.